The fraction of sp³-hybridized carbons (Fsp3) is 0.391. The molecule has 2 aromatic rings. The monoisotopic (exact) mass is 472 g/mol. The zero-order chi connectivity index (χ0) is 21.3. The second kappa shape index (κ2) is 11.1. The molecule has 0 aliphatic carbocycles. The van der Waals surface area contributed by atoms with Crippen LogP contribution in [-0.4, -0.2) is 48.6 Å². The fourth-order valence-electron chi connectivity index (χ4n) is 3.64. The zero-order valence-corrected chi connectivity index (χ0v) is 18.8. The molecule has 30 heavy (non-hydrogen) atoms. The van der Waals surface area contributed by atoms with E-state index in [1.165, 1.54) is 5.56 Å². The summed E-state index contributed by atoms with van der Waals surface area (Å²) in [5.74, 6) is -0.00730. The van der Waals surface area contributed by atoms with Crippen LogP contribution in [0.5, 0.6) is 0 Å². The summed E-state index contributed by atoms with van der Waals surface area (Å²) in [6, 6.07) is 17.7. The Hall–Kier alpha value is -2.38. The van der Waals surface area contributed by atoms with E-state index in [2.05, 4.69) is 48.9 Å². The SMILES string of the molecule is CC(Cc1ccc(Br)cc1)NC(=O)NC1CCN(CC(=O)Nc2ccccc2)CC1. The first-order chi connectivity index (χ1) is 14.5. The van der Waals surface area contributed by atoms with Crippen molar-refractivity contribution in [3.8, 4) is 0 Å². The van der Waals surface area contributed by atoms with Crippen molar-refractivity contribution >= 4 is 33.6 Å². The van der Waals surface area contributed by atoms with Gasteiger partial charge in [-0.05, 0) is 56.0 Å². The summed E-state index contributed by atoms with van der Waals surface area (Å²) in [5, 5.41) is 9.01. The van der Waals surface area contributed by atoms with Gasteiger partial charge in [-0.2, -0.15) is 0 Å². The first-order valence-corrected chi connectivity index (χ1v) is 11.2. The second-order valence-corrected chi connectivity index (χ2v) is 8.73. The van der Waals surface area contributed by atoms with Gasteiger partial charge in [0.05, 0.1) is 6.54 Å². The van der Waals surface area contributed by atoms with Gasteiger partial charge in [-0.25, -0.2) is 4.79 Å². The number of nitrogens with zero attached hydrogens (tertiary/aromatic N) is 1. The van der Waals surface area contributed by atoms with Crippen LogP contribution in [0.2, 0.25) is 0 Å². The highest BCUT2D eigenvalue weighted by molar-refractivity contribution is 9.10. The largest absolute Gasteiger partial charge is 0.335 e. The molecule has 7 heteroatoms. The first-order valence-electron chi connectivity index (χ1n) is 10.4. The van der Waals surface area contributed by atoms with Crippen molar-refractivity contribution < 1.29 is 9.59 Å². The molecule has 1 fully saturated rings. The summed E-state index contributed by atoms with van der Waals surface area (Å²) in [6.07, 6.45) is 2.47. The number of hydrogen-bond acceptors (Lipinski definition) is 3. The van der Waals surface area contributed by atoms with Crippen LogP contribution in [0, 0.1) is 0 Å². The van der Waals surface area contributed by atoms with Crippen LogP contribution in [0.15, 0.2) is 59.1 Å². The van der Waals surface area contributed by atoms with Crippen molar-refractivity contribution in [1.29, 1.82) is 0 Å². The third-order valence-electron chi connectivity index (χ3n) is 5.18. The van der Waals surface area contributed by atoms with Gasteiger partial charge in [0.25, 0.3) is 0 Å². The average molecular weight is 473 g/mol. The number of para-hydroxylation sites is 1. The van der Waals surface area contributed by atoms with Crippen molar-refractivity contribution in [3.63, 3.8) is 0 Å². The number of nitrogens with one attached hydrogen (secondary N) is 3. The van der Waals surface area contributed by atoms with E-state index >= 15 is 0 Å². The van der Waals surface area contributed by atoms with Crippen LogP contribution >= 0.6 is 15.9 Å². The third-order valence-corrected chi connectivity index (χ3v) is 5.71. The molecule has 2 aromatic carbocycles. The maximum Gasteiger partial charge on any atom is 0.315 e. The lowest BCUT2D eigenvalue weighted by atomic mass is 10.1. The number of urea groups is 1. The molecule has 0 bridgehead atoms. The molecule has 3 amide bonds. The number of carbonyl (C=O) groups excluding carboxylic acids is 2. The molecule has 3 N–H and O–H groups in total. The molecule has 3 rings (SSSR count). The van der Waals surface area contributed by atoms with Crippen molar-refractivity contribution in [2.75, 3.05) is 25.0 Å². The third kappa shape index (κ3) is 7.46. The van der Waals surface area contributed by atoms with Crippen LogP contribution < -0.4 is 16.0 Å². The standard InChI is InChI=1S/C23H29BrN4O2/c1-17(15-18-7-9-19(24)10-8-18)25-23(30)27-21-11-13-28(14-12-21)16-22(29)26-20-5-3-2-4-6-20/h2-10,17,21H,11-16H2,1H3,(H,26,29)(H2,25,27,30). The molecule has 1 aliphatic heterocycles. The zero-order valence-electron chi connectivity index (χ0n) is 17.2. The molecule has 1 atom stereocenters. The van der Waals surface area contributed by atoms with Crippen LogP contribution in [0.3, 0.4) is 0 Å². The van der Waals surface area contributed by atoms with E-state index in [1.807, 2.05) is 49.4 Å². The summed E-state index contributed by atoms with van der Waals surface area (Å²) >= 11 is 3.43. The van der Waals surface area contributed by atoms with Crippen LogP contribution in [-0.2, 0) is 11.2 Å². The van der Waals surface area contributed by atoms with E-state index in [-0.39, 0.29) is 24.0 Å². The molecular formula is C23H29BrN4O2. The van der Waals surface area contributed by atoms with Crippen LogP contribution in [0.1, 0.15) is 25.3 Å². The molecule has 0 spiro atoms. The molecule has 1 heterocycles. The quantitative estimate of drug-likeness (QED) is 0.573. The summed E-state index contributed by atoms with van der Waals surface area (Å²) in [6.45, 7) is 3.97. The van der Waals surface area contributed by atoms with E-state index in [0.717, 1.165) is 42.5 Å². The van der Waals surface area contributed by atoms with Crippen molar-refractivity contribution in [1.82, 2.24) is 15.5 Å². The molecule has 0 aromatic heterocycles. The number of halogens is 1. The van der Waals surface area contributed by atoms with Crippen LogP contribution in [0.4, 0.5) is 10.5 Å². The number of anilines is 1. The van der Waals surface area contributed by atoms with Gasteiger partial charge in [-0.1, -0.05) is 46.3 Å². The number of carbonyl (C=O) groups is 2. The highest BCUT2D eigenvalue weighted by Crippen LogP contribution is 2.13. The highest BCUT2D eigenvalue weighted by Gasteiger charge is 2.22. The summed E-state index contributed by atoms with van der Waals surface area (Å²) < 4.78 is 1.05. The van der Waals surface area contributed by atoms with Crippen molar-refractivity contribution in [2.45, 2.75) is 38.3 Å². The lowest BCUT2D eigenvalue weighted by Crippen LogP contribution is -2.50. The van der Waals surface area contributed by atoms with Gasteiger partial charge in [-0.15, -0.1) is 0 Å². The van der Waals surface area contributed by atoms with Gasteiger partial charge in [0.15, 0.2) is 0 Å². The van der Waals surface area contributed by atoms with Gasteiger partial charge < -0.3 is 16.0 Å². The molecular weight excluding hydrogens is 444 g/mol. The Balaban J connectivity index is 1.34. The van der Waals surface area contributed by atoms with E-state index in [4.69, 9.17) is 0 Å². The van der Waals surface area contributed by atoms with Gasteiger partial charge in [0.2, 0.25) is 5.91 Å². The minimum atomic E-state index is -0.125. The predicted molar refractivity (Wildman–Crippen MR) is 124 cm³/mol. The topological polar surface area (TPSA) is 73.5 Å². The van der Waals surface area contributed by atoms with Gasteiger partial charge >= 0.3 is 6.03 Å². The highest BCUT2D eigenvalue weighted by atomic mass is 79.9. The number of amides is 3. The van der Waals surface area contributed by atoms with Gasteiger partial charge in [-0.3, -0.25) is 9.69 Å². The average Bonchev–Trinajstić information content (AvgIpc) is 2.72. The summed E-state index contributed by atoms with van der Waals surface area (Å²) in [5.41, 5.74) is 2.00. The number of likely N-dealkylation sites (tertiary alicyclic amines) is 1. The van der Waals surface area contributed by atoms with Crippen molar-refractivity contribution in [3.05, 3.63) is 64.6 Å². The maximum absolute atomic E-state index is 12.3. The molecule has 1 unspecified atom stereocenters. The van der Waals surface area contributed by atoms with Gasteiger partial charge in [0, 0.05) is 35.3 Å². The minimum absolute atomic E-state index is 0.00730. The maximum atomic E-state index is 12.3. The molecule has 6 nitrogen and oxygen atoms in total. The Labute approximate surface area is 186 Å². The van der Waals surface area contributed by atoms with Crippen molar-refractivity contribution in [2.24, 2.45) is 0 Å². The smallest absolute Gasteiger partial charge is 0.315 e. The van der Waals surface area contributed by atoms with Crippen LogP contribution in [0.25, 0.3) is 0 Å². The summed E-state index contributed by atoms with van der Waals surface area (Å²) in [4.78, 5) is 26.6. The second-order valence-electron chi connectivity index (χ2n) is 7.81. The molecule has 1 aliphatic rings. The lowest BCUT2D eigenvalue weighted by molar-refractivity contribution is -0.117. The fourth-order valence-corrected chi connectivity index (χ4v) is 3.90. The number of rotatable bonds is 7. The van der Waals surface area contributed by atoms with E-state index < -0.39 is 0 Å². The number of benzene rings is 2. The Morgan fingerprint density at radius 3 is 2.40 bits per heavy atom. The molecule has 1 saturated heterocycles. The molecule has 0 saturated carbocycles. The minimum Gasteiger partial charge on any atom is -0.335 e. The number of piperidine rings is 1. The Kier molecular flexibility index (Phi) is 8.28. The normalized spacial score (nSPS) is 15.9. The Morgan fingerprint density at radius 1 is 1.07 bits per heavy atom. The van der Waals surface area contributed by atoms with Gasteiger partial charge in [0.1, 0.15) is 0 Å². The lowest BCUT2D eigenvalue weighted by Gasteiger charge is -2.32. The summed E-state index contributed by atoms with van der Waals surface area (Å²) in [7, 11) is 0. The Bertz CT molecular complexity index is 821. The molecule has 160 valence electrons. The van der Waals surface area contributed by atoms with E-state index in [1.54, 1.807) is 0 Å². The van der Waals surface area contributed by atoms with E-state index in [0.29, 0.717) is 6.54 Å². The number of hydrogen-bond donors (Lipinski definition) is 3. The predicted octanol–water partition coefficient (Wildman–Crippen LogP) is 3.78. The Morgan fingerprint density at radius 2 is 1.73 bits per heavy atom. The van der Waals surface area contributed by atoms with E-state index in [9.17, 15) is 9.59 Å². The first kappa shape index (κ1) is 22.3. The molecule has 0 radical (unpaired) electrons.